The number of carbonyl (C=O) groups excluding carboxylic acids is 1. The molecular weight excluding hydrogens is 459 g/mol. The van der Waals surface area contributed by atoms with Crippen LogP contribution in [0.5, 0.6) is 5.75 Å². The summed E-state index contributed by atoms with van der Waals surface area (Å²) in [5, 5.41) is 1.01. The van der Waals surface area contributed by atoms with Crippen LogP contribution in [0.2, 0.25) is 0 Å². The second-order valence-electron chi connectivity index (χ2n) is 7.42. The molecule has 5 rings (SSSR count). The lowest BCUT2D eigenvalue weighted by Crippen LogP contribution is -2.27. The van der Waals surface area contributed by atoms with Crippen molar-refractivity contribution in [3.63, 3.8) is 0 Å². The molecule has 4 aromatic rings. The third-order valence-electron chi connectivity index (χ3n) is 5.30. The van der Waals surface area contributed by atoms with Crippen LogP contribution in [0.25, 0.3) is 17.0 Å². The Hall–Kier alpha value is -3.36. The standard InChI is InChI=1S/C25H19FN2O3S2/c26-20-8-2-4-10-22(20)31-13-11-27-15-17(19-7-1-3-9-21(19)27)14-23-24(29)28(25(32)33-23)16-18-6-5-12-30-18/h1-10,12,14-15H,11,13,16H2/b23-14-. The largest absolute Gasteiger partial charge is 0.489 e. The number of rotatable bonds is 7. The van der Waals surface area contributed by atoms with Crippen molar-refractivity contribution >= 4 is 51.2 Å². The number of thiocarbonyl (C=S) groups is 1. The van der Waals surface area contributed by atoms with E-state index in [1.165, 1.54) is 17.8 Å². The SMILES string of the molecule is O=C1/C(=C/c2cn(CCOc3ccccc3F)c3ccccc23)SC(=S)N1Cc1ccco1. The first-order valence-corrected chi connectivity index (χ1v) is 11.6. The number of amides is 1. The van der Waals surface area contributed by atoms with E-state index in [2.05, 4.69) is 0 Å². The molecule has 1 aliphatic heterocycles. The maximum atomic E-state index is 13.8. The Morgan fingerprint density at radius 2 is 1.91 bits per heavy atom. The predicted molar refractivity (Wildman–Crippen MR) is 131 cm³/mol. The molecule has 1 saturated heterocycles. The van der Waals surface area contributed by atoms with Crippen molar-refractivity contribution in [1.29, 1.82) is 0 Å². The van der Waals surface area contributed by atoms with Gasteiger partial charge in [0.1, 0.15) is 16.7 Å². The lowest BCUT2D eigenvalue weighted by molar-refractivity contribution is -0.122. The number of ether oxygens (including phenoxy) is 1. The number of para-hydroxylation sites is 2. The Bertz CT molecular complexity index is 1360. The van der Waals surface area contributed by atoms with Crippen LogP contribution in [0.15, 0.2) is 82.4 Å². The maximum absolute atomic E-state index is 13.8. The van der Waals surface area contributed by atoms with E-state index >= 15 is 0 Å². The summed E-state index contributed by atoms with van der Waals surface area (Å²) in [6.45, 7) is 1.15. The molecular formula is C25H19FN2O3S2. The van der Waals surface area contributed by atoms with Gasteiger partial charge in [0.25, 0.3) is 5.91 Å². The zero-order valence-electron chi connectivity index (χ0n) is 17.4. The minimum Gasteiger partial charge on any atom is -0.489 e. The van der Waals surface area contributed by atoms with Crippen LogP contribution in [0.4, 0.5) is 4.39 Å². The topological polar surface area (TPSA) is 47.6 Å². The molecule has 3 heterocycles. The Morgan fingerprint density at radius 3 is 2.73 bits per heavy atom. The van der Waals surface area contributed by atoms with Gasteiger partial charge in [-0.3, -0.25) is 9.69 Å². The van der Waals surface area contributed by atoms with Crippen molar-refractivity contribution in [2.75, 3.05) is 6.61 Å². The van der Waals surface area contributed by atoms with Gasteiger partial charge in [0.2, 0.25) is 0 Å². The molecule has 2 aromatic carbocycles. The summed E-state index contributed by atoms with van der Waals surface area (Å²) in [7, 11) is 0. The molecule has 0 atom stereocenters. The quantitative estimate of drug-likeness (QED) is 0.246. The van der Waals surface area contributed by atoms with Crippen molar-refractivity contribution < 1.29 is 18.3 Å². The number of halogens is 1. The highest BCUT2D eigenvalue weighted by Crippen LogP contribution is 2.35. The molecule has 1 amide bonds. The summed E-state index contributed by atoms with van der Waals surface area (Å²) in [4.78, 5) is 15.1. The summed E-state index contributed by atoms with van der Waals surface area (Å²) < 4.78 is 27.4. The summed E-state index contributed by atoms with van der Waals surface area (Å²) >= 11 is 6.72. The number of nitrogens with zero attached hydrogens (tertiary/aromatic N) is 2. The van der Waals surface area contributed by atoms with Gasteiger partial charge >= 0.3 is 0 Å². The van der Waals surface area contributed by atoms with E-state index in [1.54, 1.807) is 35.4 Å². The van der Waals surface area contributed by atoms with Crippen LogP contribution < -0.4 is 4.74 Å². The third-order valence-corrected chi connectivity index (χ3v) is 6.68. The van der Waals surface area contributed by atoms with E-state index in [9.17, 15) is 9.18 Å². The minimum absolute atomic E-state index is 0.138. The van der Waals surface area contributed by atoms with Crippen molar-refractivity contribution in [2.24, 2.45) is 0 Å². The molecule has 1 aliphatic rings. The van der Waals surface area contributed by atoms with E-state index < -0.39 is 0 Å². The zero-order valence-corrected chi connectivity index (χ0v) is 19.1. The second-order valence-corrected chi connectivity index (χ2v) is 9.10. The van der Waals surface area contributed by atoms with Gasteiger partial charge in [-0.2, -0.15) is 0 Å². The van der Waals surface area contributed by atoms with E-state index in [4.69, 9.17) is 21.4 Å². The lowest BCUT2D eigenvalue weighted by Gasteiger charge is -2.11. The number of fused-ring (bicyclic) bond motifs is 1. The molecule has 166 valence electrons. The van der Waals surface area contributed by atoms with Gasteiger partial charge in [-0.1, -0.05) is 54.3 Å². The highest BCUT2D eigenvalue weighted by molar-refractivity contribution is 8.26. The minimum atomic E-state index is -0.382. The fraction of sp³-hybridized carbons (Fsp3) is 0.120. The normalized spacial score (nSPS) is 15.2. The van der Waals surface area contributed by atoms with Crippen LogP contribution in [0, 0.1) is 5.82 Å². The Balaban J connectivity index is 1.37. The van der Waals surface area contributed by atoms with Gasteiger partial charge < -0.3 is 13.7 Å². The van der Waals surface area contributed by atoms with Crippen LogP contribution in [-0.2, 0) is 17.9 Å². The third kappa shape index (κ3) is 4.44. The van der Waals surface area contributed by atoms with Crippen LogP contribution >= 0.6 is 24.0 Å². The molecule has 5 nitrogen and oxygen atoms in total. The fourth-order valence-electron chi connectivity index (χ4n) is 3.73. The monoisotopic (exact) mass is 478 g/mol. The van der Waals surface area contributed by atoms with Crippen molar-refractivity contribution in [2.45, 2.75) is 13.1 Å². The summed E-state index contributed by atoms with van der Waals surface area (Å²) in [6.07, 6.45) is 5.43. The average Bonchev–Trinajstić information content (AvgIpc) is 3.52. The van der Waals surface area contributed by atoms with E-state index in [0.29, 0.717) is 34.7 Å². The molecule has 0 saturated carbocycles. The number of carbonyl (C=O) groups is 1. The van der Waals surface area contributed by atoms with Crippen LogP contribution in [0.3, 0.4) is 0 Å². The molecule has 0 N–H and O–H groups in total. The second kappa shape index (κ2) is 9.25. The van der Waals surface area contributed by atoms with Gasteiger partial charge in [-0.25, -0.2) is 4.39 Å². The number of furan rings is 1. The molecule has 0 aliphatic carbocycles. The Morgan fingerprint density at radius 1 is 1.09 bits per heavy atom. The molecule has 0 radical (unpaired) electrons. The number of aromatic nitrogens is 1. The maximum Gasteiger partial charge on any atom is 0.266 e. The van der Waals surface area contributed by atoms with Crippen molar-refractivity contribution in [3.8, 4) is 5.75 Å². The van der Waals surface area contributed by atoms with Gasteiger partial charge in [-0.15, -0.1) is 0 Å². The van der Waals surface area contributed by atoms with Gasteiger partial charge in [0.05, 0.1) is 24.3 Å². The van der Waals surface area contributed by atoms with Gasteiger partial charge in [0, 0.05) is 22.7 Å². The summed E-state index contributed by atoms with van der Waals surface area (Å²) in [6, 6.07) is 17.9. The molecule has 33 heavy (non-hydrogen) atoms. The summed E-state index contributed by atoms with van der Waals surface area (Å²) in [5.41, 5.74) is 1.92. The van der Waals surface area contributed by atoms with Gasteiger partial charge in [0.15, 0.2) is 11.6 Å². The molecule has 0 unspecified atom stereocenters. The first-order chi connectivity index (χ1) is 16.1. The predicted octanol–water partition coefficient (Wildman–Crippen LogP) is 5.85. The van der Waals surface area contributed by atoms with Crippen LogP contribution in [-0.4, -0.2) is 26.3 Å². The fourth-order valence-corrected chi connectivity index (χ4v) is 4.97. The molecule has 8 heteroatoms. The zero-order chi connectivity index (χ0) is 22.8. The Labute approximate surface area is 199 Å². The van der Waals surface area contributed by atoms with E-state index in [-0.39, 0.29) is 17.5 Å². The first-order valence-electron chi connectivity index (χ1n) is 10.3. The number of thioether (sulfide) groups is 1. The van der Waals surface area contributed by atoms with E-state index in [0.717, 1.165) is 16.5 Å². The van der Waals surface area contributed by atoms with Crippen LogP contribution in [0.1, 0.15) is 11.3 Å². The van der Waals surface area contributed by atoms with E-state index in [1.807, 2.05) is 47.2 Å². The number of benzene rings is 2. The first kappa shape index (κ1) is 21.5. The molecule has 0 bridgehead atoms. The number of hydrogen-bond donors (Lipinski definition) is 0. The van der Waals surface area contributed by atoms with Crippen molar-refractivity contribution in [3.05, 3.63) is 95.2 Å². The molecule has 0 spiro atoms. The highest BCUT2D eigenvalue weighted by Gasteiger charge is 2.32. The molecule has 1 fully saturated rings. The lowest BCUT2D eigenvalue weighted by atomic mass is 10.1. The Kier molecular flexibility index (Phi) is 6.02. The van der Waals surface area contributed by atoms with Gasteiger partial charge in [-0.05, 0) is 36.4 Å². The molecule has 2 aromatic heterocycles. The average molecular weight is 479 g/mol. The van der Waals surface area contributed by atoms with Crippen molar-refractivity contribution in [1.82, 2.24) is 9.47 Å². The number of hydrogen-bond acceptors (Lipinski definition) is 5. The smallest absolute Gasteiger partial charge is 0.266 e. The highest BCUT2D eigenvalue weighted by atomic mass is 32.2. The summed E-state index contributed by atoms with van der Waals surface area (Å²) in [5.74, 6) is 0.390.